The lowest BCUT2D eigenvalue weighted by molar-refractivity contribution is -0.159. The molecule has 0 heterocycles. The van der Waals surface area contributed by atoms with Crippen LogP contribution in [-0.2, 0) is 30.3 Å². The van der Waals surface area contributed by atoms with Gasteiger partial charge in [0.2, 0.25) is 11.8 Å². The fourth-order valence-electron chi connectivity index (χ4n) is 5.91. The van der Waals surface area contributed by atoms with Gasteiger partial charge in [-0.25, -0.2) is 9.59 Å². The maximum Gasteiger partial charge on any atom is 0.408 e. The molecule has 0 aromatic heterocycles. The van der Waals surface area contributed by atoms with Crippen molar-refractivity contribution in [2.75, 3.05) is 0 Å². The molecule has 0 aliphatic heterocycles. The van der Waals surface area contributed by atoms with E-state index in [0.717, 1.165) is 23.1 Å². The molecule has 0 spiro atoms. The fraction of sp³-hybridized carbons (Fsp3) is 0.610. The zero-order valence-corrected chi connectivity index (χ0v) is 32.8. The van der Waals surface area contributed by atoms with Crippen molar-refractivity contribution in [2.24, 2.45) is 11.8 Å². The Morgan fingerprint density at radius 1 is 0.760 bits per heavy atom. The molecule has 0 saturated heterocycles. The van der Waals surface area contributed by atoms with Gasteiger partial charge in [0, 0.05) is 12.5 Å². The summed E-state index contributed by atoms with van der Waals surface area (Å²) in [6.45, 7) is 24.6. The average Bonchev–Trinajstić information content (AvgIpc) is 2.99. The van der Waals surface area contributed by atoms with E-state index < -0.39 is 53.3 Å². The van der Waals surface area contributed by atoms with E-state index in [1.807, 2.05) is 83.1 Å². The van der Waals surface area contributed by atoms with Crippen LogP contribution in [0.2, 0.25) is 0 Å². The van der Waals surface area contributed by atoms with Gasteiger partial charge in [-0.3, -0.25) is 9.59 Å². The molecule has 0 bridgehead atoms. The predicted octanol–water partition coefficient (Wildman–Crippen LogP) is 8.01. The van der Waals surface area contributed by atoms with Gasteiger partial charge < -0.3 is 25.0 Å². The summed E-state index contributed by atoms with van der Waals surface area (Å²) >= 11 is 0. The molecule has 9 nitrogen and oxygen atoms in total. The molecule has 2 aromatic carbocycles. The number of alkyl carbamates (subject to hydrolysis) is 1. The molecule has 5 unspecified atom stereocenters. The summed E-state index contributed by atoms with van der Waals surface area (Å²) < 4.78 is 11.4. The molecule has 0 aliphatic rings. The minimum absolute atomic E-state index is 0.202. The van der Waals surface area contributed by atoms with E-state index in [9.17, 15) is 14.4 Å². The van der Waals surface area contributed by atoms with Crippen molar-refractivity contribution in [3.8, 4) is 0 Å². The van der Waals surface area contributed by atoms with Crippen molar-refractivity contribution in [1.29, 1.82) is 0 Å². The van der Waals surface area contributed by atoms with E-state index in [1.165, 1.54) is 0 Å². The number of hydrogen-bond donors (Lipinski definition) is 2. The molecule has 2 rings (SSSR count). The maximum atomic E-state index is 15.1. The third-order valence-corrected chi connectivity index (χ3v) is 8.67. The quantitative estimate of drug-likeness (QED) is 0.183. The molecular weight excluding hydrogens is 630 g/mol. The summed E-state index contributed by atoms with van der Waals surface area (Å²) in [5.74, 6) is -1.37. The van der Waals surface area contributed by atoms with Crippen molar-refractivity contribution < 1.29 is 28.7 Å². The van der Waals surface area contributed by atoms with Crippen molar-refractivity contribution in [2.45, 2.75) is 151 Å². The Labute approximate surface area is 301 Å². The van der Waals surface area contributed by atoms with Gasteiger partial charge in [-0.1, -0.05) is 82.6 Å². The number of carbonyl (C=O) groups excluding carboxylic acids is 4. The first-order chi connectivity index (χ1) is 23.1. The molecule has 0 saturated carbocycles. The summed E-state index contributed by atoms with van der Waals surface area (Å²) in [6.07, 6.45) is 1.53. The van der Waals surface area contributed by atoms with Crippen LogP contribution in [0.4, 0.5) is 4.79 Å². The number of esters is 1. The van der Waals surface area contributed by atoms with Crippen LogP contribution in [0.25, 0.3) is 0 Å². The Kier molecular flexibility index (Phi) is 15.5. The second-order valence-electron chi connectivity index (χ2n) is 16.1. The Balaban J connectivity index is 2.80. The smallest absolute Gasteiger partial charge is 0.408 e. The normalized spacial score (nSPS) is 14.9. The standard InChI is InChI=1S/C41H63N3O6/c1-14-27(4)34(43-39(48)50-41(11,12)13)37(46)44(30(7)24-23-26(2)3)35(33-28(5)19-18-20-29(33)6)36(45)42-32(38(47)49-40(8,9)10)25-31-21-16-15-17-22-31/h15-22,26-27,30,32,34-35H,14,23-25H2,1-13H3,(H,42,45)(H,43,48). The molecule has 0 fully saturated rings. The molecule has 9 heteroatoms. The van der Waals surface area contributed by atoms with E-state index in [-0.39, 0.29) is 18.2 Å². The van der Waals surface area contributed by atoms with Crippen molar-refractivity contribution in [1.82, 2.24) is 15.5 Å². The predicted molar refractivity (Wildman–Crippen MR) is 200 cm³/mol. The second kappa shape index (κ2) is 18.4. The lowest BCUT2D eigenvalue weighted by Gasteiger charge is -2.41. The van der Waals surface area contributed by atoms with E-state index in [0.29, 0.717) is 24.3 Å². The van der Waals surface area contributed by atoms with Crippen LogP contribution in [0, 0.1) is 25.7 Å². The van der Waals surface area contributed by atoms with Gasteiger partial charge in [0.15, 0.2) is 0 Å². The second-order valence-corrected chi connectivity index (χ2v) is 16.1. The summed E-state index contributed by atoms with van der Waals surface area (Å²) in [5.41, 5.74) is 1.63. The Morgan fingerprint density at radius 3 is 1.82 bits per heavy atom. The number of ether oxygens (including phenoxy) is 2. The average molecular weight is 694 g/mol. The number of nitrogens with zero attached hydrogens (tertiary/aromatic N) is 1. The van der Waals surface area contributed by atoms with Gasteiger partial charge in [-0.15, -0.1) is 0 Å². The number of rotatable bonds is 15. The summed E-state index contributed by atoms with van der Waals surface area (Å²) in [7, 11) is 0. The highest BCUT2D eigenvalue weighted by Gasteiger charge is 2.42. The number of nitrogens with one attached hydrogen (secondary N) is 2. The lowest BCUT2D eigenvalue weighted by Crippen LogP contribution is -2.58. The fourth-order valence-corrected chi connectivity index (χ4v) is 5.91. The van der Waals surface area contributed by atoms with Gasteiger partial charge in [0.1, 0.15) is 29.3 Å². The lowest BCUT2D eigenvalue weighted by atomic mass is 9.89. The summed E-state index contributed by atoms with van der Waals surface area (Å²) in [5, 5.41) is 5.89. The van der Waals surface area contributed by atoms with Gasteiger partial charge in [-0.05, 0) is 109 Å². The molecule has 50 heavy (non-hydrogen) atoms. The molecule has 0 aliphatic carbocycles. The minimum atomic E-state index is -1.11. The monoisotopic (exact) mass is 693 g/mol. The zero-order valence-electron chi connectivity index (χ0n) is 32.8. The molecule has 0 radical (unpaired) electrons. The van der Waals surface area contributed by atoms with Crippen LogP contribution in [0.5, 0.6) is 0 Å². The van der Waals surface area contributed by atoms with Gasteiger partial charge in [-0.2, -0.15) is 0 Å². The topological polar surface area (TPSA) is 114 Å². The molecule has 3 amide bonds. The Hall–Kier alpha value is -3.88. The van der Waals surface area contributed by atoms with Crippen LogP contribution >= 0.6 is 0 Å². The number of aryl methyl sites for hydroxylation is 2. The van der Waals surface area contributed by atoms with E-state index in [4.69, 9.17) is 9.47 Å². The summed E-state index contributed by atoms with van der Waals surface area (Å²) in [6, 6.07) is 11.7. The number of carbonyl (C=O) groups is 4. The first-order valence-corrected chi connectivity index (χ1v) is 18.1. The van der Waals surface area contributed by atoms with Crippen LogP contribution in [0.3, 0.4) is 0 Å². The van der Waals surface area contributed by atoms with Gasteiger partial charge in [0.25, 0.3) is 0 Å². The molecule has 2 N–H and O–H groups in total. The van der Waals surface area contributed by atoms with Crippen LogP contribution in [-0.4, -0.2) is 58.1 Å². The highest BCUT2D eigenvalue weighted by atomic mass is 16.6. The highest BCUT2D eigenvalue weighted by molar-refractivity contribution is 5.94. The van der Waals surface area contributed by atoms with Crippen molar-refractivity contribution in [3.05, 3.63) is 70.8 Å². The van der Waals surface area contributed by atoms with Crippen LogP contribution < -0.4 is 10.6 Å². The van der Waals surface area contributed by atoms with Crippen LogP contribution in [0.1, 0.15) is 124 Å². The third-order valence-electron chi connectivity index (χ3n) is 8.67. The van der Waals surface area contributed by atoms with Crippen molar-refractivity contribution >= 4 is 23.9 Å². The minimum Gasteiger partial charge on any atom is -0.458 e. The molecule has 5 atom stereocenters. The SMILES string of the molecule is CCC(C)C(NC(=O)OC(C)(C)C)C(=O)N(C(C)CCC(C)C)C(C(=O)NC(Cc1ccccc1)C(=O)OC(C)(C)C)c1c(C)cccc1C. The largest absolute Gasteiger partial charge is 0.458 e. The van der Waals surface area contributed by atoms with E-state index >= 15 is 4.79 Å². The summed E-state index contributed by atoms with van der Waals surface area (Å²) in [4.78, 5) is 58.5. The third kappa shape index (κ3) is 13.1. The van der Waals surface area contributed by atoms with Crippen molar-refractivity contribution in [3.63, 3.8) is 0 Å². The number of amides is 3. The van der Waals surface area contributed by atoms with E-state index in [2.05, 4.69) is 24.5 Å². The Bertz CT molecular complexity index is 1410. The van der Waals surface area contributed by atoms with Gasteiger partial charge >= 0.3 is 12.1 Å². The molecular formula is C41H63N3O6. The molecule has 278 valence electrons. The highest BCUT2D eigenvalue weighted by Crippen LogP contribution is 2.33. The zero-order chi connectivity index (χ0) is 38.0. The number of benzene rings is 2. The first-order valence-electron chi connectivity index (χ1n) is 18.1. The van der Waals surface area contributed by atoms with E-state index in [1.54, 1.807) is 46.4 Å². The van der Waals surface area contributed by atoms with Crippen LogP contribution in [0.15, 0.2) is 48.5 Å². The first kappa shape index (κ1) is 42.3. The van der Waals surface area contributed by atoms with Gasteiger partial charge in [0.05, 0.1) is 0 Å². The molecule has 2 aromatic rings. The number of hydrogen-bond acceptors (Lipinski definition) is 6. The Morgan fingerprint density at radius 2 is 1.32 bits per heavy atom. The maximum absolute atomic E-state index is 15.1.